The Bertz CT molecular complexity index is 515. The van der Waals surface area contributed by atoms with Crippen LogP contribution in [0.4, 0.5) is 11.4 Å². The van der Waals surface area contributed by atoms with E-state index in [0.29, 0.717) is 0 Å². The Morgan fingerprint density at radius 3 is 2.56 bits per heavy atom. The van der Waals surface area contributed by atoms with Gasteiger partial charge in [-0.2, -0.15) is 0 Å². The number of nitrogens with zero attached hydrogens (tertiary/aromatic N) is 1. The van der Waals surface area contributed by atoms with Gasteiger partial charge in [0.05, 0.1) is 4.92 Å². The fraction of sp³-hybridized carbons (Fsp3) is 0.100. The first kappa shape index (κ1) is 13.9. The van der Waals surface area contributed by atoms with Crippen molar-refractivity contribution in [1.82, 2.24) is 0 Å². The van der Waals surface area contributed by atoms with Crippen molar-refractivity contribution in [3.63, 3.8) is 0 Å². The van der Waals surface area contributed by atoms with Gasteiger partial charge in [-0.05, 0) is 18.5 Å². The molecule has 0 unspecified atom stereocenters. The third-order valence-electron chi connectivity index (χ3n) is 2.15. The van der Waals surface area contributed by atoms with Gasteiger partial charge >= 0.3 is 7.12 Å². The molecule has 0 radical (unpaired) electrons. The van der Waals surface area contributed by atoms with E-state index in [1.807, 2.05) is 0 Å². The first-order chi connectivity index (χ1) is 8.32. The summed E-state index contributed by atoms with van der Waals surface area (Å²) in [5.74, 6) is -0.546. The third-order valence-corrected chi connectivity index (χ3v) is 2.15. The second kappa shape index (κ2) is 5.43. The van der Waals surface area contributed by atoms with Crippen LogP contribution < -0.4 is 10.8 Å². The molecule has 0 saturated carbocycles. The smallest absolute Gasteiger partial charge is 0.423 e. The van der Waals surface area contributed by atoms with Crippen LogP contribution in [-0.4, -0.2) is 28.0 Å². The Balaban J connectivity index is 3.16. The van der Waals surface area contributed by atoms with Crippen molar-refractivity contribution in [3.05, 3.63) is 40.5 Å². The Labute approximate surface area is 103 Å². The topological polar surface area (TPSA) is 113 Å². The highest BCUT2D eigenvalue weighted by Crippen LogP contribution is 2.22. The minimum Gasteiger partial charge on any atom is -0.423 e. The SMILES string of the molecule is C=C(C)C(=O)Nc1ccc(B(O)O)cc1[N+](=O)[O-]. The molecule has 3 N–H and O–H groups in total. The second-order valence-corrected chi connectivity index (χ2v) is 3.64. The lowest BCUT2D eigenvalue weighted by Gasteiger charge is -2.07. The number of nitrogens with one attached hydrogen (secondary N) is 1. The molecule has 0 spiro atoms. The second-order valence-electron chi connectivity index (χ2n) is 3.64. The van der Waals surface area contributed by atoms with E-state index < -0.39 is 23.6 Å². The van der Waals surface area contributed by atoms with E-state index in [1.165, 1.54) is 19.1 Å². The number of hydrogen-bond donors (Lipinski definition) is 3. The Morgan fingerprint density at radius 1 is 1.50 bits per heavy atom. The Hall–Kier alpha value is -2.19. The van der Waals surface area contributed by atoms with E-state index in [9.17, 15) is 14.9 Å². The normalized spacial score (nSPS) is 9.72. The number of amides is 1. The molecule has 18 heavy (non-hydrogen) atoms. The minimum atomic E-state index is -1.81. The number of benzene rings is 1. The maximum absolute atomic E-state index is 11.4. The van der Waals surface area contributed by atoms with Gasteiger partial charge in [-0.1, -0.05) is 12.6 Å². The van der Waals surface area contributed by atoms with Crippen LogP contribution in [0.5, 0.6) is 0 Å². The molecule has 1 aromatic carbocycles. The summed E-state index contributed by atoms with van der Waals surface area (Å²) in [5, 5.41) is 31.0. The fourth-order valence-corrected chi connectivity index (χ4v) is 1.20. The van der Waals surface area contributed by atoms with E-state index >= 15 is 0 Å². The molecular formula is C10H11BN2O5. The average molecular weight is 250 g/mol. The molecule has 0 saturated heterocycles. The predicted molar refractivity (Wildman–Crippen MR) is 66.4 cm³/mol. The highest BCUT2D eigenvalue weighted by Gasteiger charge is 2.20. The molecular weight excluding hydrogens is 239 g/mol. The van der Waals surface area contributed by atoms with Gasteiger partial charge in [-0.3, -0.25) is 14.9 Å². The molecule has 1 rings (SSSR count). The van der Waals surface area contributed by atoms with Gasteiger partial charge in [0, 0.05) is 11.6 Å². The van der Waals surface area contributed by atoms with Gasteiger partial charge in [0.15, 0.2) is 0 Å². The Morgan fingerprint density at radius 2 is 2.11 bits per heavy atom. The van der Waals surface area contributed by atoms with Crippen LogP contribution in [0.15, 0.2) is 30.4 Å². The zero-order chi connectivity index (χ0) is 13.9. The van der Waals surface area contributed by atoms with E-state index in [2.05, 4.69) is 11.9 Å². The maximum atomic E-state index is 11.4. The maximum Gasteiger partial charge on any atom is 0.488 e. The zero-order valence-electron chi connectivity index (χ0n) is 9.58. The molecule has 0 aromatic heterocycles. The summed E-state index contributed by atoms with van der Waals surface area (Å²) in [6.45, 7) is 4.87. The monoisotopic (exact) mass is 250 g/mol. The lowest BCUT2D eigenvalue weighted by atomic mass is 9.80. The molecule has 0 atom stereocenters. The lowest BCUT2D eigenvalue weighted by Crippen LogP contribution is -2.30. The standard InChI is InChI=1S/C10H11BN2O5/c1-6(2)10(14)12-8-4-3-7(11(15)16)5-9(8)13(17)18/h3-5,15-16H,1H2,2H3,(H,12,14). The molecule has 0 aliphatic rings. The van der Waals surface area contributed by atoms with E-state index in [0.717, 1.165) is 6.07 Å². The summed E-state index contributed by atoms with van der Waals surface area (Å²) in [4.78, 5) is 21.5. The third kappa shape index (κ3) is 3.16. The molecule has 7 nitrogen and oxygen atoms in total. The highest BCUT2D eigenvalue weighted by molar-refractivity contribution is 6.58. The molecule has 0 heterocycles. The van der Waals surface area contributed by atoms with Crippen LogP contribution in [0.3, 0.4) is 0 Å². The van der Waals surface area contributed by atoms with Gasteiger partial charge in [0.1, 0.15) is 5.69 Å². The summed E-state index contributed by atoms with van der Waals surface area (Å²) in [6, 6.07) is 3.48. The van der Waals surface area contributed by atoms with Crippen LogP contribution in [-0.2, 0) is 4.79 Å². The van der Waals surface area contributed by atoms with E-state index in [-0.39, 0.29) is 16.7 Å². The molecule has 0 aliphatic heterocycles. The van der Waals surface area contributed by atoms with Crippen LogP contribution >= 0.6 is 0 Å². The van der Waals surface area contributed by atoms with Crippen molar-refractivity contribution in [2.24, 2.45) is 0 Å². The quantitative estimate of drug-likeness (QED) is 0.296. The number of carbonyl (C=O) groups is 1. The van der Waals surface area contributed by atoms with Gasteiger partial charge in [0.2, 0.25) is 0 Å². The highest BCUT2D eigenvalue weighted by atomic mass is 16.6. The number of hydrogen-bond acceptors (Lipinski definition) is 5. The summed E-state index contributed by atoms with van der Waals surface area (Å²) in [6.07, 6.45) is 0. The first-order valence-electron chi connectivity index (χ1n) is 4.94. The van der Waals surface area contributed by atoms with Crippen LogP contribution in [0, 0.1) is 10.1 Å². The minimum absolute atomic E-state index is 0.0302. The van der Waals surface area contributed by atoms with Gasteiger partial charge in [-0.15, -0.1) is 0 Å². The van der Waals surface area contributed by atoms with Crippen molar-refractivity contribution in [2.45, 2.75) is 6.92 Å². The Kier molecular flexibility index (Phi) is 4.19. The molecule has 0 aliphatic carbocycles. The van der Waals surface area contributed by atoms with Crippen molar-refractivity contribution < 1.29 is 19.8 Å². The molecule has 0 bridgehead atoms. The van der Waals surface area contributed by atoms with Crippen molar-refractivity contribution in [3.8, 4) is 0 Å². The van der Waals surface area contributed by atoms with Crippen molar-refractivity contribution in [2.75, 3.05) is 5.32 Å². The van der Waals surface area contributed by atoms with Crippen molar-refractivity contribution >= 4 is 29.9 Å². The first-order valence-corrected chi connectivity index (χ1v) is 4.94. The van der Waals surface area contributed by atoms with Crippen LogP contribution in [0.25, 0.3) is 0 Å². The number of rotatable bonds is 4. The van der Waals surface area contributed by atoms with Gasteiger partial charge in [-0.25, -0.2) is 0 Å². The molecule has 94 valence electrons. The zero-order valence-corrected chi connectivity index (χ0v) is 9.58. The van der Waals surface area contributed by atoms with Crippen LogP contribution in [0.2, 0.25) is 0 Å². The summed E-state index contributed by atoms with van der Waals surface area (Å²) in [5.41, 5.74) is -0.279. The molecule has 1 aromatic rings. The largest absolute Gasteiger partial charge is 0.488 e. The van der Waals surface area contributed by atoms with Crippen molar-refractivity contribution in [1.29, 1.82) is 0 Å². The average Bonchev–Trinajstić information content (AvgIpc) is 2.28. The molecule has 0 fully saturated rings. The number of nitro benzene ring substituents is 1. The number of carbonyl (C=O) groups excluding carboxylic acids is 1. The summed E-state index contributed by atoms with van der Waals surface area (Å²) < 4.78 is 0. The molecule has 1 amide bonds. The predicted octanol–water partition coefficient (Wildman–Crippen LogP) is -0.211. The number of nitro groups is 1. The van der Waals surface area contributed by atoms with E-state index in [4.69, 9.17) is 10.0 Å². The van der Waals surface area contributed by atoms with Gasteiger partial charge < -0.3 is 15.4 Å². The number of anilines is 1. The van der Waals surface area contributed by atoms with E-state index in [1.54, 1.807) is 0 Å². The summed E-state index contributed by atoms with van der Waals surface area (Å²) in [7, 11) is -1.81. The molecule has 8 heteroatoms. The lowest BCUT2D eigenvalue weighted by molar-refractivity contribution is -0.383. The fourth-order valence-electron chi connectivity index (χ4n) is 1.20. The summed E-state index contributed by atoms with van der Waals surface area (Å²) >= 11 is 0. The van der Waals surface area contributed by atoms with Crippen LogP contribution in [0.1, 0.15) is 6.92 Å². The van der Waals surface area contributed by atoms with Gasteiger partial charge in [0.25, 0.3) is 11.6 Å².